The number of piperazine rings is 1. The van der Waals surface area contributed by atoms with Crippen LogP contribution in [0, 0.1) is 5.92 Å². The quantitative estimate of drug-likeness (QED) is 0.711. The Morgan fingerprint density at radius 3 is 2.61 bits per heavy atom. The molecule has 2 fully saturated rings. The minimum Gasteiger partial charge on any atom is -0.329 e. The van der Waals surface area contributed by atoms with Crippen LogP contribution in [0.2, 0.25) is 0 Å². The lowest BCUT2D eigenvalue weighted by molar-refractivity contribution is -0.160. The molecule has 0 aromatic rings. The van der Waals surface area contributed by atoms with Gasteiger partial charge in [0.25, 0.3) is 0 Å². The summed E-state index contributed by atoms with van der Waals surface area (Å²) in [6.45, 7) is 11.0. The van der Waals surface area contributed by atoms with Gasteiger partial charge in [-0.3, -0.25) is 9.59 Å². The van der Waals surface area contributed by atoms with Crippen LogP contribution in [-0.4, -0.2) is 46.8 Å². The molecule has 2 aliphatic heterocycles. The van der Waals surface area contributed by atoms with Gasteiger partial charge < -0.3 is 9.80 Å². The van der Waals surface area contributed by atoms with E-state index >= 15 is 0 Å². The van der Waals surface area contributed by atoms with Crippen LogP contribution in [0.5, 0.6) is 0 Å². The van der Waals surface area contributed by atoms with E-state index in [0.717, 1.165) is 25.0 Å². The highest BCUT2D eigenvalue weighted by Crippen LogP contribution is 2.30. The third kappa shape index (κ3) is 2.04. The third-order valence-corrected chi connectivity index (χ3v) is 3.76. The Morgan fingerprint density at radius 1 is 1.39 bits per heavy atom. The molecule has 0 aromatic heterocycles. The van der Waals surface area contributed by atoms with Gasteiger partial charge in [0.15, 0.2) is 0 Å². The minimum atomic E-state index is -0.316. The molecule has 4 nitrogen and oxygen atoms in total. The summed E-state index contributed by atoms with van der Waals surface area (Å²) in [5.74, 6) is 0.365. The average Bonchev–Trinajstić information content (AvgIpc) is 2.73. The summed E-state index contributed by atoms with van der Waals surface area (Å²) in [5, 5.41) is 0. The molecule has 2 unspecified atom stereocenters. The van der Waals surface area contributed by atoms with Crippen molar-refractivity contribution in [3.05, 3.63) is 12.2 Å². The van der Waals surface area contributed by atoms with Crippen LogP contribution in [0.25, 0.3) is 0 Å². The molecule has 2 aliphatic rings. The van der Waals surface area contributed by atoms with Gasteiger partial charge in [-0.1, -0.05) is 26.0 Å². The summed E-state index contributed by atoms with van der Waals surface area (Å²) >= 11 is 0. The average molecular weight is 250 g/mol. The number of amides is 2. The molecular formula is C14H22N2O2. The van der Waals surface area contributed by atoms with Gasteiger partial charge in [0.05, 0.1) is 0 Å². The second-order valence-corrected chi connectivity index (χ2v) is 5.80. The molecule has 0 radical (unpaired) electrons. The van der Waals surface area contributed by atoms with E-state index < -0.39 is 0 Å². The zero-order chi connectivity index (χ0) is 13.4. The molecule has 2 rings (SSSR count). The second-order valence-electron chi connectivity index (χ2n) is 5.80. The summed E-state index contributed by atoms with van der Waals surface area (Å²) in [6.07, 6.45) is 1.75. The van der Waals surface area contributed by atoms with E-state index in [-0.39, 0.29) is 29.8 Å². The molecule has 0 N–H and O–H groups in total. The number of hydrogen-bond acceptors (Lipinski definition) is 2. The van der Waals surface area contributed by atoms with Crippen LogP contribution < -0.4 is 0 Å². The number of rotatable bonds is 3. The van der Waals surface area contributed by atoms with Crippen molar-refractivity contribution in [2.75, 3.05) is 13.1 Å². The van der Waals surface area contributed by atoms with Crippen LogP contribution in [0.4, 0.5) is 0 Å². The highest BCUT2D eigenvalue weighted by atomic mass is 16.2. The molecule has 0 spiro atoms. The summed E-state index contributed by atoms with van der Waals surface area (Å²) in [4.78, 5) is 28.5. The summed E-state index contributed by atoms with van der Waals surface area (Å²) in [6, 6.07) is -0.532. The SMILES string of the molecule is C=C(C)CN1C(=O)C2CCCN2C(=O)C1C(C)C. The van der Waals surface area contributed by atoms with Gasteiger partial charge >= 0.3 is 0 Å². The number of fused-ring (bicyclic) bond motifs is 1. The fourth-order valence-corrected chi connectivity index (χ4v) is 3.03. The predicted molar refractivity (Wildman–Crippen MR) is 69.9 cm³/mol. The van der Waals surface area contributed by atoms with Gasteiger partial charge in [0.2, 0.25) is 11.8 Å². The fraction of sp³-hybridized carbons (Fsp3) is 0.714. The Kier molecular flexibility index (Phi) is 3.46. The van der Waals surface area contributed by atoms with E-state index in [1.165, 1.54) is 0 Å². The highest BCUT2D eigenvalue weighted by molar-refractivity contribution is 5.97. The van der Waals surface area contributed by atoms with Crippen LogP contribution in [0.15, 0.2) is 12.2 Å². The topological polar surface area (TPSA) is 40.6 Å². The first kappa shape index (κ1) is 13.1. The summed E-state index contributed by atoms with van der Waals surface area (Å²) in [5.41, 5.74) is 0.924. The molecule has 0 aromatic carbocycles. The Balaban J connectivity index is 2.31. The van der Waals surface area contributed by atoms with Gasteiger partial charge in [-0.25, -0.2) is 0 Å². The first-order valence-electron chi connectivity index (χ1n) is 6.69. The maximum atomic E-state index is 12.5. The molecular weight excluding hydrogens is 228 g/mol. The van der Waals surface area contributed by atoms with E-state index in [1.807, 2.05) is 20.8 Å². The first-order chi connectivity index (χ1) is 8.43. The van der Waals surface area contributed by atoms with E-state index in [1.54, 1.807) is 9.80 Å². The lowest BCUT2D eigenvalue weighted by atomic mass is 9.95. The minimum absolute atomic E-state index is 0.105. The first-order valence-corrected chi connectivity index (χ1v) is 6.69. The van der Waals surface area contributed by atoms with Crippen LogP contribution in [0.3, 0.4) is 0 Å². The van der Waals surface area contributed by atoms with Gasteiger partial charge in [0.1, 0.15) is 12.1 Å². The number of carbonyl (C=O) groups is 2. The van der Waals surface area contributed by atoms with Gasteiger partial charge in [-0.05, 0) is 25.7 Å². The normalized spacial score (nSPS) is 28.0. The fourth-order valence-electron chi connectivity index (χ4n) is 3.03. The van der Waals surface area contributed by atoms with Crippen molar-refractivity contribution in [1.29, 1.82) is 0 Å². The highest BCUT2D eigenvalue weighted by Gasteiger charge is 2.48. The lowest BCUT2D eigenvalue weighted by Crippen LogP contribution is -2.64. The largest absolute Gasteiger partial charge is 0.329 e. The van der Waals surface area contributed by atoms with E-state index in [2.05, 4.69) is 6.58 Å². The van der Waals surface area contributed by atoms with E-state index in [0.29, 0.717) is 6.54 Å². The Hall–Kier alpha value is -1.32. The van der Waals surface area contributed by atoms with Crippen molar-refractivity contribution >= 4 is 11.8 Å². The summed E-state index contributed by atoms with van der Waals surface area (Å²) in [7, 11) is 0. The van der Waals surface area contributed by atoms with Crippen molar-refractivity contribution in [2.24, 2.45) is 5.92 Å². The van der Waals surface area contributed by atoms with Gasteiger partial charge in [-0.15, -0.1) is 0 Å². The van der Waals surface area contributed by atoms with Crippen molar-refractivity contribution in [3.63, 3.8) is 0 Å². The standard InChI is InChI=1S/C14H22N2O2/c1-9(2)8-16-12(10(3)4)14(18)15-7-5-6-11(15)13(16)17/h10-12H,1,5-8H2,2-4H3. The Labute approximate surface area is 109 Å². The van der Waals surface area contributed by atoms with Crippen molar-refractivity contribution < 1.29 is 9.59 Å². The molecule has 2 heterocycles. The lowest BCUT2D eigenvalue weighted by Gasteiger charge is -2.44. The molecule has 100 valence electrons. The monoisotopic (exact) mass is 250 g/mol. The number of hydrogen-bond donors (Lipinski definition) is 0. The number of nitrogens with zero attached hydrogens (tertiary/aromatic N) is 2. The maximum Gasteiger partial charge on any atom is 0.246 e. The van der Waals surface area contributed by atoms with Crippen LogP contribution in [0.1, 0.15) is 33.6 Å². The van der Waals surface area contributed by atoms with Crippen molar-refractivity contribution in [1.82, 2.24) is 9.80 Å². The molecule has 2 atom stereocenters. The Morgan fingerprint density at radius 2 is 2.06 bits per heavy atom. The Bertz CT molecular complexity index is 389. The predicted octanol–water partition coefficient (Wildman–Crippen LogP) is 1.42. The molecule has 0 saturated carbocycles. The molecule has 4 heteroatoms. The van der Waals surface area contributed by atoms with Crippen molar-refractivity contribution in [2.45, 2.75) is 45.7 Å². The van der Waals surface area contributed by atoms with Gasteiger partial charge in [-0.2, -0.15) is 0 Å². The summed E-state index contributed by atoms with van der Waals surface area (Å²) < 4.78 is 0. The van der Waals surface area contributed by atoms with E-state index in [4.69, 9.17) is 0 Å². The zero-order valence-corrected chi connectivity index (χ0v) is 11.5. The third-order valence-electron chi connectivity index (χ3n) is 3.76. The molecule has 0 aliphatic carbocycles. The molecule has 0 bridgehead atoms. The smallest absolute Gasteiger partial charge is 0.246 e. The van der Waals surface area contributed by atoms with Gasteiger partial charge in [0, 0.05) is 13.1 Å². The second kappa shape index (κ2) is 4.75. The molecule has 18 heavy (non-hydrogen) atoms. The number of carbonyl (C=O) groups excluding carboxylic acids is 2. The van der Waals surface area contributed by atoms with Crippen molar-refractivity contribution in [3.8, 4) is 0 Å². The van der Waals surface area contributed by atoms with Crippen LogP contribution in [-0.2, 0) is 9.59 Å². The zero-order valence-electron chi connectivity index (χ0n) is 11.5. The maximum absolute atomic E-state index is 12.5. The van der Waals surface area contributed by atoms with Crippen LogP contribution >= 0.6 is 0 Å². The van der Waals surface area contributed by atoms with E-state index in [9.17, 15) is 9.59 Å². The molecule has 2 saturated heterocycles. The molecule has 2 amide bonds.